The van der Waals surface area contributed by atoms with Gasteiger partial charge in [0.1, 0.15) is 11.5 Å². The summed E-state index contributed by atoms with van der Waals surface area (Å²) in [5, 5.41) is 13.2. The third kappa shape index (κ3) is 4.00. The quantitative estimate of drug-likeness (QED) is 0.793. The van der Waals surface area contributed by atoms with Gasteiger partial charge in [-0.2, -0.15) is 0 Å². The van der Waals surface area contributed by atoms with Crippen molar-refractivity contribution in [2.45, 2.75) is 19.9 Å². The van der Waals surface area contributed by atoms with Crippen LogP contribution in [0.4, 0.5) is 0 Å². The molecule has 20 heavy (non-hydrogen) atoms. The fourth-order valence-electron chi connectivity index (χ4n) is 2.14. The van der Waals surface area contributed by atoms with Crippen molar-refractivity contribution in [3.05, 3.63) is 59.2 Å². The average Bonchev–Trinajstić information content (AvgIpc) is 2.45. The largest absolute Gasteiger partial charge is 0.507 e. The molecule has 0 atom stereocenters. The van der Waals surface area contributed by atoms with Crippen LogP contribution >= 0.6 is 0 Å². The van der Waals surface area contributed by atoms with Gasteiger partial charge in [0.25, 0.3) is 0 Å². The molecule has 2 rings (SSSR count). The molecule has 3 heteroatoms. The molecule has 0 unspecified atom stereocenters. The van der Waals surface area contributed by atoms with Crippen molar-refractivity contribution in [2.75, 3.05) is 13.7 Å². The number of hydrogen-bond donors (Lipinski definition) is 2. The molecule has 3 nitrogen and oxygen atoms in total. The maximum Gasteiger partial charge on any atom is 0.123 e. The standard InChI is InChI=1S/C17H21NO2/c1-13-4-3-5-14(10-13)8-9-18-12-15-6-7-16(20-2)11-17(15)19/h3-7,10-11,18-19H,8-9,12H2,1-2H3. The monoisotopic (exact) mass is 271 g/mol. The van der Waals surface area contributed by atoms with E-state index in [4.69, 9.17) is 4.74 Å². The normalized spacial score (nSPS) is 10.5. The fourth-order valence-corrected chi connectivity index (χ4v) is 2.14. The average molecular weight is 271 g/mol. The van der Waals surface area contributed by atoms with Gasteiger partial charge in [0.05, 0.1) is 7.11 Å². The zero-order valence-electron chi connectivity index (χ0n) is 12.0. The Morgan fingerprint density at radius 1 is 1.15 bits per heavy atom. The Bertz CT molecular complexity index is 567. The summed E-state index contributed by atoms with van der Waals surface area (Å²) in [6.07, 6.45) is 0.985. The van der Waals surface area contributed by atoms with E-state index in [0.717, 1.165) is 18.5 Å². The molecule has 2 aromatic rings. The zero-order valence-corrected chi connectivity index (χ0v) is 12.0. The van der Waals surface area contributed by atoms with Crippen LogP contribution in [0.1, 0.15) is 16.7 Å². The van der Waals surface area contributed by atoms with E-state index in [1.54, 1.807) is 13.2 Å². The van der Waals surface area contributed by atoms with Gasteiger partial charge in [-0.15, -0.1) is 0 Å². The van der Waals surface area contributed by atoms with Crippen molar-refractivity contribution < 1.29 is 9.84 Å². The summed E-state index contributed by atoms with van der Waals surface area (Å²) < 4.78 is 5.06. The van der Waals surface area contributed by atoms with Crippen molar-refractivity contribution in [2.24, 2.45) is 0 Å². The SMILES string of the molecule is COc1ccc(CNCCc2cccc(C)c2)c(O)c1. The molecular formula is C17H21NO2. The number of benzene rings is 2. The van der Waals surface area contributed by atoms with E-state index in [9.17, 15) is 5.11 Å². The molecule has 0 aliphatic heterocycles. The first-order chi connectivity index (χ1) is 9.69. The van der Waals surface area contributed by atoms with Crippen LogP contribution in [0, 0.1) is 6.92 Å². The summed E-state index contributed by atoms with van der Waals surface area (Å²) in [4.78, 5) is 0. The highest BCUT2D eigenvalue weighted by atomic mass is 16.5. The molecule has 0 radical (unpaired) electrons. The van der Waals surface area contributed by atoms with Gasteiger partial charge in [-0.3, -0.25) is 0 Å². The summed E-state index contributed by atoms with van der Waals surface area (Å²) >= 11 is 0. The molecule has 2 N–H and O–H groups in total. The van der Waals surface area contributed by atoms with E-state index < -0.39 is 0 Å². The molecule has 0 aromatic heterocycles. The summed E-state index contributed by atoms with van der Waals surface area (Å²) in [6, 6.07) is 13.9. The lowest BCUT2D eigenvalue weighted by Crippen LogP contribution is -2.16. The maximum absolute atomic E-state index is 9.86. The molecule has 2 aromatic carbocycles. The first-order valence-corrected chi connectivity index (χ1v) is 6.81. The lowest BCUT2D eigenvalue weighted by Gasteiger charge is -2.08. The van der Waals surface area contributed by atoms with Gasteiger partial charge in [0.2, 0.25) is 0 Å². The van der Waals surface area contributed by atoms with Crippen LogP contribution in [0.25, 0.3) is 0 Å². The third-order valence-corrected chi connectivity index (χ3v) is 3.28. The van der Waals surface area contributed by atoms with E-state index in [-0.39, 0.29) is 5.75 Å². The second-order valence-corrected chi connectivity index (χ2v) is 4.91. The topological polar surface area (TPSA) is 41.5 Å². The Labute approximate surface area is 120 Å². The second-order valence-electron chi connectivity index (χ2n) is 4.91. The van der Waals surface area contributed by atoms with Gasteiger partial charge in [0.15, 0.2) is 0 Å². The molecule has 0 aliphatic carbocycles. The molecule has 0 saturated carbocycles. The number of rotatable bonds is 6. The van der Waals surface area contributed by atoms with Crippen molar-refractivity contribution in [3.63, 3.8) is 0 Å². The van der Waals surface area contributed by atoms with Gasteiger partial charge >= 0.3 is 0 Å². The van der Waals surface area contributed by atoms with Gasteiger partial charge < -0.3 is 15.2 Å². The van der Waals surface area contributed by atoms with Gasteiger partial charge in [-0.25, -0.2) is 0 Å². The van der Waals surface area contributed by atoms with Crippen LogP contribution in [0.2, 0.25) is 0 Å². The number of aromatic hydroxyl groups is 1. The minimum Gasteiger partial charge on any atom is -0.507 e. The highest BCUT2D eigenvalue weighted by Gasteiger charge is 2.02. The Kier molecular flexibility index (Phi) is 5.02. The molecule has 0 saturated heterocycles. The highest BCUT2D eigenvalue weighted by Crippen LogP contribution is 2.23. The van der Waals surface area contributed by atoms with Gasteiger partial charge in [-0.1, -0.05) is 35.9 Å². The van der Waals surface area contributed by atoms with Crippen LogP contribution < -0.4 is 10.1 Å². The fraction of sp³-hybridized carbons (Fsp3) is 0.294. The Morgan fingerprint density at radius 3 is 2.70 bits per heavy atom. The Balaban J connectivity index is 1.81. The van der Waals surface area contributed by atoms with Crippen LogP contribution in [-0.4, -0.2) is 18.8 Å². The number of methoxy groups -OCH3 is 1. The Hall–Kier alpha value is -2.00. The molecule has 106 valence electrons. The zero-order chi connectivity index (χ0) is 14.4. The number of phenols is 1. The summed E-state index contributed by atoms with van der Waals surface area (Å²) in [5.74, 6) is 0.943. The van der Waals surface area contributed by atoms with Crippen molar-refractivity contribution in [1.82, 2.24) is 5.32 Å². The van der Waals surface area contributed by atoms with Crippen molar-refractivity contribution >= 4 is 0 Å². The molecule has 0 aliphatic rings. The summed E-state index contributed by atoms with van der Waals surface area (Å²) in [5.41, 5.74) is 3.50. The summed E-state index contributed by atoms with van der Waals surface area (Å²) in [6.45, 7) is 3.64. The number of nitrogens with one attached hydrogen (secondary N) is 1. The van der Waals surface area contributed by atoms with Crippen LogP contribution in [0.3, 0.4) is 0 Å². The molecule has 0 amide bonds. The predicted octanol–water partition coefficient (Wildman–Crippen LogP) is 3.04. The van der Waals surface area contributed by atoms with E-state index in [2.05, 4.69) is 36.5 Å². The van der Waals surface area contributed by atoms with Gasteiger partial charge in [0, 0.05) is 18.2 Å². The maximum atomic E-state index is 9.86. The minimum absolute atomic E-state index is 0.271. The number of ether oxygens (including phenoxy) is 1. The summed E-state index contributed by atoms with van der Waals surface area (Å²) in [7, 11) is 1.59. The highest BCUT2D eigenvalue weighted by molar-refractivity contribution is 5.39. The van der Waals surface area contributed by atoms with E-state index in [0.29, 0.717) is 12.3 Å². The first-order valence-electron chi connectivity index (χ1n) is 6.81. The number of phenolic OH excluding ortho intramolecular Hbond substituents is 1. The molecular weight excluding hydrogens is 250 g/mol. The number of hydrogen-bond acceptors (Lipinski definition) is 3. The number of aryl methyl sites for hydroxylation is 1. The minimum atomic E-state index is 0.271. The van der Waals surface area contributed by atoms with Crippen molar-refractivity contribution in [3.8, 4) is 11.5 Å². The molecule has 0 heterocycles. The third-order valence-electron chi connectivity index (χ3n) is 3.28. The molecule has 0 spiro atoms. The second kappa shape index (κ2) is 6.96. The lowest BCUT2D eigenvalue weighted by molar-refractivity contribution is 0.406. The predicted molar refractivity (Wildman–Crippen MR) is 81.2 cm³/mol. The van der Waals surface area contributed by atoms with Gasteiger partial charge in [-0.05, 0) is 31.5 Å². The first kappa shape index (κ1) is 14.4. The van der Waals surface area contributed by atoms with E-state index in [1.807, 2.05) is 12.1 Å². The van der Waals surface area contributed by atoms with Crippen LogP contribution in [-0.2, 0) is 13.0 Å². The van der Waals surface area contributed by atoms with Crippen LogP contribution in [0.15, 0.2) is 42.5 Å². The van der Waals surface area contributed by atoms with E-state index >= 15 is 0 Å². The Morgan fingerprint density at radius 2 is 2.00 bits per heavy atom. The smallest absolute Gasteiger partial charge is 0.123 e. The van der Waals surface area contributed by atoms with Crippen molar-refractivity contribution in [1.29, 1.82) is 0 Å². The molecule has 0 bridgehead atoms. The lowest BCUT2D eigenvalue weighted by atomic mass is 10.1. The van der Waals surface area contributed by atoms with E-state index in [1.165, 1.54) is 11.1 Å². The van der Waals surface area contributed by atoms with Crippen LogP contribution in [0.5, 0.6) is 11.5 Å². The molecule has 0 fully saturated rings.